The van der Waals surface area contributed by atoms with Crippen molar-refractivity contribution in [2.75, 3.05) is 19.7 Å². The van der Waals surface area contributed by atoms with Gasteiger partial charge in [-0.05, 0) is 19.3 Å². The predicted octanol–water partition coefficient (Wildman–Crippen LogP) is 1.45. The van der Waals surface area contributed by atoms with E-state index in [2.05, 4.69) is 36.1 Å². The van der Waals surface area contributed by atoms with Crippen LogP contribution in [0.15, 0.2) is 0 Å². The number of imidazole rings is 1. The predicted molar refractivity (Wildman–Crippen MR) is 68.2 cm³/mol. The van der Waals surface area contributed by atoms with Crippen molar-refractivity contribution in [3.63, 3.8) is 0 Å². The highest BCUT2D eigenvalue weighted by molar-refractivity contribution is 5.14. The molecule has 0 bridgehead atoms. The number of hydrogen-bond donors (Lipinski definition) is 2. The first kappa shape index (κ1) is 12.6. The van der Waals surface area contributed by atoms with Gasteiger partial charge in [0.2, 0.25) is 0 Å². The van der Waals surface area contributed by atoms with E-state index in [1.165, 1.54) is 11.4 Å². The minimum absolute atomic E-state index is 0.265. The van der Waals surface area contributed by atoms with Crippen molar-refractivity contribution < 1.29 is 4.74 Å². The zero-order valence-corrected chi connectivity index (χ0v) is 11.0. The van der Waals surface area contributed by atoms with Crippen LogP contribution in [-0.4, -0.2) is 35.8 Å². The Labute approximate surface area is 103 Å². The highest BCUT2D eigenvalue weighted by atomic mass is 16.5. The van der Waals surface area contributed by atoms with Crippen LogP contribution in [0.4, 0.5) is 0 Å². The molecule has 0 aliphatic carbocycles. The Hall–Kier alpha value is -0.870. The summed E-state index contributed by atoms with van der Waals surface area (Å²) in [6, 6.07) is 0. The van der Waals surface area contributed by atoms with Crippen molar-refractivity contribution in [2.24, 2.45) is 5.92 Å². The zero-order chi connectivity index (χ0) is 12.3. The first-order chi connectivity index (χ1) is 8.15. The molecule has 2 rings (SSSR count). The Morgan fingerprint density at radius 2 is 2.29 bits per heavy atom. The van der Waals surface area contributed by atoms with Crippen LogP contribution in [-0.2, 0) is 17.6 Å². The lowest BCUT2D eigenvalue weighted by molar-refractivity contribution is 0.0281. The van der Waals surface area contributed by atoms with Crippen LogP contribution < -0.4 is 5.32 Å². The zero-order valence-electron chi connectivity index (χ0n) is 11.0. The molecule has 0 aromatic carbocycles. The second kappa shape index (κ2) is 5.65. The minimum Gasteiger partial charge on any atom is -0.375 e. The van der Waals surface area contributed by atoms with Gasteiger partial charge in [0.25, 0.3) is 0 Å². The fraction of sp³-hybridized carbons (Fsp3) is 0.769. The molecule has 1 aliphatic rings. The standard InChI is InChI=1S/C13H23N3O/c1-9(2)6-12-10(3)15-13(16-12)7-11-8-14-4-5-17-11/h9,11,14H,4-8H2,1-3H3,(H,15,16). The monoisotopic (exact) mass is 237 g/mol. The fourth-order valence-electron chi connectivity index (χ4n) is 2.21. The molecule has 0 spiro atoms. The summed E-state index contributed by atoms with van der Waals surface area (Å²) in [4.78, 5) is 8.06. The molecule has 0 radical (unpaired) electrons. The lowest BCUT2D eigenvalue weighted by atomic mass is 10.1. The van der Waals surface area contributed by atoms with Crippen LogP contribution in [0.2, 0.25) is 0 Å². The third-order valence-electron chi connectivity index (χ3n) is 3.06. The topological polar surface area (TPSA) is 49.9 Å². The van der Waals surface area contributed by atoms with E-state index in [-0.39, 0.29) is 6.10 Å². The summed E-state index contributed by atoms with van der Waals surface area (Å²) in [5, 5.41) is 3.34. The van der Waals surface area contributed by atoms with Crippen LogP contribution in [0.3, 0.4) is 0 Å². The molecular weight excluding hydrogens is 214 g/mol. The molecule has 1 aliphatic heterocycles. The van der Waals surface area contributed by atoms with Gasteiger partial charge in [0.15, 0.2) is 0 Å². The summed E-state index contributed by atoms with van der Waals surface area (Å²) >= 11 is 0. The summed E-state index contributed by atoms with van der Waals surface area (Å²) in [7, 11) is 0. The van der Waals surface area contributed by atoms with Gasteiger partial charge in [-0.2, -0.15) is 0 Å². The number of nitrogens with zero attached hydrogens (tertiary/aromatic N) is 1. The molecule has 4 heteroatoms. The van der Waals surface area contributed by atoms with E-state index in [1.54, 1.807) is 0 Å². The first-order valence-electron chi connectivity index (χ1n) is 6.52. The maximum Gasteiger partial charge on any atom is 0.109 e. The Balaban J connectivity index is 1.96. The van der Waals surface area contributed by atoms with E-state index in [1.807, 2.05) is 0 Å². The summed E-state index contributed by atoms with van der Waals surface area (Å²) in [6.45, 7) is 9.26. The Kier molecular flexibility index (Phi) is 4.18. The highest BCUT2D eigenvalue weighted by Crippen LogP contribution is 2.13. The third-order valence-corrected chi connectivity index (χ3v) is 3.06. The molecule has 4 nitrogen and oxygen atoms in total. The maximum atomic E-state index is 5.69. The molecule has 17 heavy (non-hydrogen) atoms. The minimum atomic E-state index is 0.265. The quantitative estimate of drug-likeness (QED) is 0.833. The van der Waals surface area contributed by atoms with Gasteiger partial charge in [-0.15, -0.1) is 0 Å². The number of ether oxygens (including phenoxy) is 1. The van der Waals surface area contributed by atoms with Crippen LogP contribution in [0.5, 0.6) is 0 Å². The van der Waals surface area contributed by atoms with Crippen LogP contribution >= 0.6 is 0 Å². The van der Waals surface area contributed by atoms with Gasteiger partial charge >= 0.3 is 0 Å². The average Bonchev–Trinajstić information content (AvgIpc) is 2.59. The van der Waals surface area contributed by atoms with Gasteiger partial charge in [0.05, 0.1) is 18.4 Å². The summed E-state index contributed by atoms with van der Waals surface area (Å²) in [5.41, 5.74) is 2.41. The highest BCUT2D eigenvalue weighted by Gasteiger charge is 2.17. The lowest BCUT2D eigenvalue weighted by Crippen LogP contribution is -2.39. The van der Waals surface area contributed by atoms with Gasteiger partial charge in [0.1, 0.15) is 5.82 Å². The number of H-pyrrole nitrogens is 1. The third kappa shape index (κ3) is 3.54. The average molecular weight is 237 g/mol. The first-order valence-corrected chi connectivity index (χ1v) is 6.52. The van der Waals surface area contributed by atoms with E-state index in [0.717, 1.165) is 38.4 Å². The van der Waals surface area contributed by atoms with Gasteiger partial charge in [-0.25, -0.2) is 4.98 Å². The van der Waals surface area contributed by atoms with Crippen molar-refractivity contribution >= 4 is 0 Å². The van der Waals surface area contributed by atoms with Crippen molar-refractivity contribution in [1.82, 2.24) is 15.3 Å². The molecule has 1 fully saturated rings. The molecule has 0 saturated carbocycles. The van der Waals surface area contributed by atoms with E-state index in [4.69, 9.17) is 4.74 Å². The number of morpholine rings is 1. The van der Waals surface area contributed by atoms with Gasteiger partial charge < -0.3 is 15.0 Å². The molecule has 96 valence electrons. The second-order valence-corrected chi connectivity index (χ2v) is 5.25. The number of hydrogen-bond acceptors (Lipinski definition) is 3. The van der Waals surface area contributed by atoms with E-state index >= 15 is 0 Å². The van der Waals surface area contributed by atoms with Crippen molar-refractivity contribution in [2.45, 2.75) is 39.7 Å². The molecule has 2 heterocycles. The SMILES string of the molecule is Cc1[nH]c(CC2CNCCO2)nc1CC(C)C. The normalized spacial score (nSPS) is 21.1. The number of rotatable bonds is 4. The molecule has 2 N–H and O–H groups in total. The van der Waals surface area contributed by atoms with Crippen molar-refractivity contribution in [3.05, 3.63) is 17.2 Å². The maximum absolute atomic E-state index is 5.69. The number of aromatic nitrogens is 2. The van der Waals surface area contributed by atoms with Crippen molar-refractivity contribution in [3.8, 4) is 0 Å². The van der Waals surface area contributed by atoms with Crippen LogP contribution in [0.25, 0.3) is 0 Å². The largest absolute Gasteiger partial charge is 0.375 e. The molecular formula is C13H23N3O. The van der Waals surface area contributed by atoms with Crippen molar-refractivity contribution in [1.29, 1.82) is 0 Å². The van der Waals surface area contributed by atoms with Gasteiger partial charge in [-0.3, -0.25) is 0 Å². The fourth-order valence-corrected chi connectivity index (χ4v) is 2.21. The van der Waals surface area contributed by atoms with Crippen LogP contribution in [0.1, 0.15) is 31.1 Å². The lowest BCUT2D eigenvalue weighted by Gasteiger charge is -2.22. The van der Waals surface area contributed by atoms with Gasteiger partial charge in [-0.1, -0.05) is 13.8 Å². The number of nitrogens with one attached hydrogen (secondary N) is 2. The summed E-state index contributed by atoms with van der Waals surface area (Å²) in [6.07, 6.45) is 2.19. The molecule has 1 aromatic heterocycles. The summed E-state index contributed by atoms with van der Waals surface area (Å²) in [5.74, 6) is 1.71. The number of aromatic amines is 1. The Bertz CT molecular complexity index is 354. The van der Waals surface area contributed by atoms with Crippen LogP contribution in [0, 0.1) is 12.8 Å². The molecule has 1 saturated heterocycles. The Morgan fingerprint density at radius 3 is 2.94 bits per heavy atom. The van der Waals surface area contributed by atoms with E-state index in [9.17, 15) is 0 Å². The van der Waals surface area contributed by atoms with E-state index in [0.29, 0.717) is 5.92 Å². The van der Waals surface area contributed by atoms with Gasteiger partial charge in [0, 0.05) is 25.2 Å². The number of aryl methyl sites for hydroxylation is 1. The summed E-state index contributed by atoms with van der Waals surface area (Å²) < 4.78 is 5.69. The Morgan fingerprint density at radius 1 is 1.47 bits per heavy atom. The second-order valence-electron chi connectivity index (χ2n) is 5.25. The molecule has 1 aromatic rings. The van der Waals surface area contributed by atoms with E-state index < -0.39 is 0 Å². The molecule has 1 atom stereocenters. The smallest absolute Gasteiger partial charge is 0.109 e. The molecule has 1 unspecified atom stereocenters. The molecule has 0 amide bonds.